The molecule has 1 atom stereocenters. The number of aliphatic carboxylic acids is 1. The third-order valence-corrected chi connectivity index (χ3v) is 5.00. The Balaban J connectivity index is 1.59. The van der Waals surface area contributed by atoms with Gasteiger partial charge in [-0.3, -0.25) is 14.9 Å². The number of hydrogen-bond acceptors (Lipinski definition) is 5. The van der Waals surface area contributed by atoms with Crippen molar-refractivity contribution in [3.8, 4) is 0 Å². The molecule has 2 aromatic heterocycles. The topological polar surface area (TPSA) is 99.8 Å². The summed E-state index contributed by atoms with van der Waals surface area (Å²) in [5.41, 5.74) is 3.00. The van der Waals surface area contributed by atoms with Crippen LogP contribution < -0.4 is 10.2 Å². The lowest BCUT2D eigenvalue weighted by Crippen LogP contribution is -2.38. The smallest absolute Gasteiger partial charge is 0.308 e. The Morgan fingerprint density at radius 2 is 2.04 bits per heavy atom. The first-order valence-electron chi connectivity index (χ1n) is 9.22. The highest BCUT2D eigenvalue weighted by molar-refractivity contribution is 6.03. The number of hydrogen-bond donors (Lipinski definition) is 2. The SMILES string of the molecule is Cc1cc(N2CCCC(C(=O)O)C2)cn2nc(NC(=O)c3ccccc3)nc12. The maximum atomic E-state index is 12.3. The highest BCUT2D eigenvalue weighted by Gasteiger charge is 2.26. The van der Waals surface area contributed by atoms with Gasteiger partial charge in [-0.05, 0) is 43.5 Å². The molecule has 4 rings (SSSR count). The molecule has 144 valence electrons. The number of fused-ring (bicyclic) bond motifs is 1. The molecule has 0 bridgehead atoms. The zero-order valence-corrected chi connectivity index (χ0v) is 15.5. The third-order valence-electron chi connectivity index (χ3n) is 5.00. The van der Waals surface area contributed by atoms with E-state index in [2.05, 4.69) is 20.3 Å². The van der Waals surface area contributed by atoms with E-state index in [0.717, 1.165) is 24.2 Å². The number of piperidine rings is 1. The molecule has 1 aliphatic heterocycles. The number of carboxylic acids is 1. The molecule has 3 aromatic rings. The maximum absolute atomic E-state index is 12.3. The van der Waals surface area contributed by atoms with Gasteiger partial charge >= 0.3 is 5.97 Å². The fraction of sp³-hybridized carbons (Fsp3) is 0.300. The van der Waals surface area contributed by atoms with Crippen molar-refractivity contribution in [3.63, 3.8) is 0 Å². The van der Waals surface area contributed by atoms with Crippen LogP contribution in [0, 0.1) is 12.8 Å². The molecule has 0 radical (unpaired) electrons. The Bertz CT molecular complexity index is 1030. The van der Waals surface area contributed by atoms with Crippen LogP contribution in [-0.2, 0) is 4.79 Å². The van der Waals surface area contributed by atoms with Crippen LogP contribution >= 0.6 is 0 Å². The molecule has 1 amide bonds. The predicted octanol–water partition coefficient (Wildman–Crippen LogP) is 2.59. The second-order valence-electron chi connectivity index (χ2n) is 7.03. The molecular weight excluding hydrogens is 358 g/mol. The summed E-state index contributed by atoms with van der Waals surface area (Å²) in [5.74, 6) is -1.15. The first-order chi connectivity index (χ1) is 13.5. The second-order valence-corrected chi connectivity index (χ2v) is 7.03. The number of rotatable bonds is 4. The fourth-order valence-corrected chi connectivity index (χ4v) is 3.53. The third kappa shape index (κ3) is 3.53. The Hall–Kier alpha value is -3.42. The number of anilines is 2. The molecule has 8 heteroatoms. The number of nitrogens with zero attached hydrogens (tertiary/aromatic N) is 4. The van der Waals surface area contributed by atoms with Crippen molar-refractivity contribution in [2.75, 3.05) is 23.3 Å². The van der Waals surface area contributed by atoms with Crippen molar-refractivity contribution in [2.24, 2.45) is 5.92 Å². The van der Waals surface area contributed by atoms with Crippen molar-refractivity contribution in [2.45, 2.75) is 19.8 Å². The van der Waals surface area contributed by atoms with Crippen LogP contribution in [0.1, 0.15) is 28.8 Å². The monoisotopic (exact) mass is 379 g/mol. The van der Waals surface area contributed by atoms with Crippen LogP contribution in [0.25, 0.3) is 5.65 Å². The van der Waals surface area contributed by atoms with E-state index in [1.807, 2.05) is 25.3 Å². The largest absolute Gasteiger partial charge is 0.481 e. The average Bonchev–Trinajstić information content (AvgIpc) is 3.11. The van der Waals surface area contributed by atoms with E-state index in [1.54, 1.807) is 28.8 Å². The average molecular weight is 379 g/mol. The van der Waals surface area contributed by atoms with Gasteiger partial charge in [0.2, 0.25) is 5.95 Å². The van der Waals surface area contributed by atoms with E-state index < -0.39 is 5.97 Å². The van der Waals surface area contributed by atoms with Crippen LogP contribution in [0.5, 0.6) is 0 Å². The lowest BCUT2D eigenvalue weighted by Gasteiger charge is -2.32. The predicted molar refractivity (Wildman–Crippen MR) is 105 cm³/mol. The fourth-order valence-electron chi connectivity index (χ4n) is 3.53. The van der Waals surface area contributed by atoms with Crippen LogP contribution in [0.3, 0.4) is 0 Å². The Kier molecular flexibility index (Phi) is 4.68. The molecule has 0 saturated carbocycles. The van der Waals surface area contributed by atoms with Crippen LogP contribution in [0.4, 0.5) is 11.6 Å². The van der Waals surface area contributed by atoms with E-state index in [0.29, 0.717) is 24.2 Å². The highest BCUT2D eigenvalue weighted by Crippen LogP contribution is 2.25. The van der Waals surface area contributed by atoms with Gasteiger partial charge < -0.3 is 10.0 Å². The molecule has 1 saturated heterocycles. The Labute approximate surface area is 161 Å². The van der Waals surface area contributed by atoms with Gasteiger partial charge in [-0.2, -0.15) is 4.98 Å². The summed E-state index contributed by atoms with van der Waals surface area (Å²) in [5, 5.41) is 16.4. The number of carboxylic acid groups (broad SMARTS) is 1. The number of carbonyl (C=O) groups excluding carboxylic acids is 1. The molecule has 1 unspecified atom stereocenters. The normalized spacial score (nSPS) is 16.9. The Morgan fingerprint density at radius 3 is 2.79 bits per heavy atom. The molecule has 0 aliphatic carbocycles. The second kappa shape index (κ2) is 7.30. The van der Waals surface area contributed by atoms with Crippen molar-refractivity contribution in [1.29, 1.82) is 0 Å². The summed E-state index contributed by atoms with van der Waals surface area (Å²) in [4.78, 5) is 30.1. The van der Waals surface area contributed by atoms with Crippen molar-refractivity contribution >= 4 is 29.2 Å². The standard InChI is InChI=1S/C20H21N5O3/c1-13-10-16(24-9-5-8-15(11-24)19(27)28)12-25-17(13)21-20(23-25)22-18(26)14-6-3-2-4-7-14/h2-4,6-7,10,12,15H,5,8-9,11H2,1H3,(H,27,28)(H,22,23,26). The zero-order chi connectivity index (χ0) is 19.7. The van der Waals surface area contributed by atoms with Crippen LogP contribution in [0.2, 0.25) is 0 Å². The Morgan fingerprint density at radius 1 is 1.25 bits per heavy atom. The van der Waals surface area contributed by atoms with Crippen molar-refractivity contribution < 1.29 is 14.7 Å². The highest BCUT2D eigenvalue weighted by atomic mass is 16.4. The van der Waals surface area contributed by atoms with Crippen LogP contribution in [-0.4, -0.2) is 44.7 Å². The summed E-state index contributed by atoms with van der Waals surface area (Å²) in [6, 6.07) is 10.9. The van der Waals surface area contributed by atoms with Gasteiger partial charge in [0.15, 0.2) is 5.65 Å². The minimum atomic E-state index is -0.755. The van der Waals surface area contributed by atoms with Crippen molar-refractivity contribution in [1.82, 2.24) is 14.6 Å². The quantitative estimate of drug-likeness (QED) is 0.723. The van der Waals surface area contributed by atoms with E-state index in [4.69, 9.17) is 0 Å². The summed E-state index contributed by atoms with van der Waals surface area (Å²) in [7, 11) is 0. The number of nitrogens with one attached hydrogen (secondary N) is 1. The molecule has 1 fully saturated rings. The molecule has 2 N–H and O–H groups in total. The summed E-state index contributed by atoms with van der Waals surface area (Å²) >= 11 is 0. The van der Waals surface area contributed by atoms with Gasteiger partial charge in [0.25, 0.3) is 5.91 Å². The summed E-state index contributed by atoms with van der Waals surface area (Å²) < 4.78 is 1.63. The lowest BCUT2D eigenvalue weighted by molar-refractivity contribution is -0.141. The first-order valence-corrected chi connectivity index (χ1v) is 9.22. The summed E-state index contributed by atoms with van der Waals surface area (Å²) in [6.07, 6.45) is 3.37. The molecule has 1 aliphatic rings. The molecule has 3 heterocycles. The maximum Gasteiger partial charge on any atom is 0.308 e. The summed E-state index contributed by atoms with van der Waals surface area (Å²) in [6.45, 7) is 3.21. The van der Waals surface area contributed by atoms with Crippen LogP contribution in [0.15, 0.2) is 42.6 Å². The van der Waals surface area contributed by atoms with Gasteiger partial charge in [-0.15, -0.1) is 5.10 Å². The molecule has 0 spiro atoms. The van der Waals surface area contributed by atoms with E-state index in [-0.39, 0.29) is 17.8 Å². The lowest BCUT2D eigenvalue weighted by atomic mass is 9.98. The van der Waals surface area contributed by atoms with Gasteiger partial charge in [0.1, 0.15) is 0 Å². The van der Waals surface area contributed by atoms with E-state index >= 15 is 0 Å². The van der Waals surface area contributed by atoms with Gasteiger partial charge in [0, 0.05) is 18.7 Å². The molecule has 8 nitrogen and oxygen atoms in total. The number of benzene rings is 1. The minimum absolute atomic E-state index is 0.233. The van der Waals surface area contributed by atoms with Crippen molar-refractivity contribution in [3.05, 3.63) is 53.7 Å². The number of aromatic nitrogens is 3. The van der Waals surface area contributed by atoms with E-state index in [1.165, 1.54) is 0 Å². The molecular formula is C20H21N5O3. The number of aryl methyl sites for hydroxylation is 1. The number of amides is 1. The molecule has 28 heavy (non-hydrogen) atoms. The number of pyridine rings is 1. The minimum Gasteiger partial charge on any atom is -0.481 e. The van der Waals surface area contributed by atoms with E-state index in [9.17, 15) is 14.7 Å². The van der Waals surface area contributed by atoms with Gasteiger partial charge in [-0.1, -0.05) is 18.2 Å². The first kappa shape index (κ1) is 18.0. The van der Waals surface area contributed by atoms with Gasteiger partial charge in [-0.25, -0.2) is 4.52 Å². The number of carbonyl (C=O) groups is 2. The van der Waals surface area contributed by atoms with Gasteiger partial charge in [0.05, 0.1) is 17.8 Å². The molecule has 1 aromatic carbocycles. The zero-order valence-electron chi connectivity index (χ0n) is 15.5.